The van der Waals surface area contributed by atoms with Crippen molar-refractivity contribution in [2.75, 3.05) is 24.9 Å². The second kappa shape index (κ2) is 9.56. The van der Waals surface area contributed by atoms with Crippen molar-refractivity contribution in [3.8, 4) is 17.2 Å². The van der Waals surface area contributed by atoms with E-state index < -0.39 is 6.36 Å². The highest BCUT2D eigenvalue weighted by Gasteiger charge is 2.30. The minimum absolute atomic E-state index is 0.0465. The first kappa shape index (κ1) is 22.2. The van der Waals surface area contributed by atoms with E-state index in [-0.39, 0.29) is 18.1 Å². The molecule has 164 valence electrons. The Morgan fingerprint density at radius 2 is 1.71 bits per heavy atom. The first-order valence-corrected chi connectivity index (χ1v) is 9.73. The van der Waals surface area contributed by atoms with Gasteiger partial charge in [-0.25, -0.2) is 4.98 Å². The maximum Gasteiger partial charge on any atom is 0.573 e. The Kier molecular flexibility index (Phi) is 6.85. The number of alkyl halides is 3. The SMILES string of the molecule is COc1ccc(NC(=O)Cc2csc(Nc3ccc(OC(F)(F)F)cc3)n2)cc1OC. The van der Waals surface area contributed by atoms with Crippen LogP contribution in [-0.4, -0.2) is 31.5 Å². The van der Waals surface area contributed by atoms with Gasteiger partial charge in [-0.1, -0.05) is 0 Å². The van der Waals surface area contributed by atoms with Crippen LogP contribution in [0.2, 0.25) is 0 Å². The molecule has 0 aliphatic rings. The van der Waals surface area contributed by atoms with Crippen LogP contribution < -0.4 is 24.8 Å². The van der Waals surface area contributed by atoms with Gasteiger partial charge in [-0.05, 0) is 36.4 Å². The predicted molar refractivity (Wildman–Crippen MR) is 110 cm³/mol. The third-order valence-electron chi connectivity index (χ3n) is 3.90. The maximum absolute atomic E-state index is 12.3. The Morgan fingerprint density at radius 1 is 1.03 bits per heavy atom. The van der Waals surface area contributed by atoms with Crippen molar-refractivity contribution in [2.45, 2.75) is 12.8 Å². The molecule has 0 fully saturated rings. The molecule has 1 aromatic heterocycles. The zero-order valence-corrected chi connectivity index (χ0v) is 17.3. The van der Waals surface area contributed by atoms with Gasteiger partial charge in [0.15, 0.2) is 16.6 Å². The number of carbonyl (C=O) groups excluding carboxylic acids is 1. The second-order valence-electron chi connectivity index (χ2n) is 6.14. The fourth-order valence-electron chi connectivity index (χ4n) is 2.59. The van der Waals surface area contributed by atoms with Gasteiger partial charge < -0.3 is 24.8 Å². The molecule has 0 saturated carbocycles. The number of methoxy groups -OCH3 is 2. The molecule has 3 rings (SSSR count). The molecule has 1 amide bonds. The summed E-state index contributed by atoms with van der Waals surface area (Å²) in [5.41, 5.74) is 1.63. The van der Waals surface area contributed by atoms with E-state index in [9.17, 15) is 18.0 Å². The molecule has 0 radical (unpaired) electrons. The standard InChI is InChI=1S/C20H18F3N3O4S/c1-28-16-8-5-13(9-17(16)29-2)24-18(27)10-14-11-31-19(26-14)25-12-3-6-15(7-4-12)30-20(21,22)23/h3-9,11H,10H2,1-2H3,(H,24,27)(H,25,26). The predicted octanol–water partition coefficient (Wildman–Crippen LogP) is 4.98. The van der Waals surface area contributed by atoms with Gasteiger partial charge in [0.2, 0.25) is 5.91 Å². The molecule has 0 spiro atoms. The summed E-state index contributed by atoms with van der Waals surface area (Å²) in [6.07, 6.45) is -4.69. The van der Waals surface area contributed by atoms with E-state index in [1.807, 2.05) is 0 Å². The minimum Gasteiger partial charge on any atom is -0.493 e. The van der Waals surface area contributed by atoms with Crippen LogP contribution in [0.4, 0.5) is 29.7 Å². The first-order valence-electron chi connectivity index (χ1n) is 8.85. The molecule has 0 unspecified atom stereocenters. The molecular weight excluding hydrogens is 435 g/mol. The molecular formula is C20H18F3N3O4S. The molecule has 0 aliphatic carbocycles. The molecule has 2 aromatic carbocycles. The Hall–Kier alpha value is -3.47. The van der Waals surface area contributed by atoms with Crippen LogP contribution in [0.25, 0.3) is 0 Å². The first-order chi connectivity index (χ1) is 14.8. The van der Waals surface area contributed by atoms with Crippen LogP contribution in [0, 0.1) is 0 Å². The molecule has 1 heterocycles. The van der Waals surface area contributed by atoms with E-state index in [0.29, 0.717) is 33.7 Å². The summed E-state index contributed by atoms with van der Waals surface area (Å²) in [5, 5.41) is 7.96. The summed E-state index contributed by atoms with van der Waals surface area (Å²) in [7, 11) is 3.03. The summed E-state index contributed by atoms with van der Waals surface area (Å²) < 4.78 is 50.8. The Morgan fingerprint density at radius 3 is 2.35 bits per heavy atom. The highest BCUT2D eigenvalue weighted by Crippen LogP contribution is 2.30. The molecule has 2 N–H and O–H groups in total. The average Bonchev–Trinajstić information content (AvgIpc) is 3.14. The smallest absolute Gasteiger partial charge is 0.493 e. The topological polar surface area (TPSA) is 81.7 Å². The molecule has 3 aromatic rings. The second-order valence-corrected chi connectivity index (χ2v) is 6.99. The number of thiazole rings is 1. The van der Waals surface area contributed by atoms with Gasteiger partial charge in [-0.2, -0.15) is 0 Å². The number of ether oxygens (including phenoxy) is 3. The van der Waals surface area contributed by atoms with Gasteiger partial charge in [-0.3, -0.25) is 4.79 Å². The number of hydrogen-bond acceptors (Lipinski definition) is 7. The minimum atomic E-state index is -4.74. The van der Waals surface area contributed by atoms with Crippen LogP contribution in [0.3, 0.4) is 0 Å². The Labute approximate surface area is 179 Å². The summed E-state index contributed by atoms with van der Waals surface area (Å²) in [6.45, 7) is 0. The lowest BCUT2D eigenvalue weighted by Crippen LogP contribution is -2.16. The molecule has 11 heteroatoms. The summed E-state index contributed by atoms with van der Waals surface area (Å²) in [4.78, 5) is 16.6. The summed E-state index contributed by atoms with van der Waals surface area (Å²) in [5.74, 6) is 0.461. The number of benzene rings is 2. The maximum atomic E-state index is 12.3. The highest BCUT2D eigenvalue weighted by atomic mass is 32.1. The molecule has 0 atom stereocenters. The van der Waals surface area contributed by atoms with Gasteiger partial charge in [-0.15, -0.1) is 24.5 Å². The lowest BCUT2D eigenvalue weighted by Gasteiger charge is -2.10. The van der Waals surface area contributed by atoms with E-state index in [4.69, 9.17) is 9.47 Å². The number of anilines is 3. The van der Waals surface area contributed by atoms with Crippen molar-refractivity contribution in [2.24, 2.45) is 0 Å². The molecule has 31 heavy (non-hydrogen) atoms. The van der Waals surface area contributed by atoms with Crippen LogP contribution in [-0.2, 0) is 11.2 Å². The third-order valence-corrected chi connectivity index (χ3v) is 4.71. The quantitative estimate of drug-likeness (QED) is 0.501. The van der Waals surface area contributed by atoms with Crippen LogP contribution in [0.1, 0.15) is 5.69 Å². The molecule has 7 nitrogen and oxygen atoms in total. The van der Waals surface area contributed by atoms with Crippen molar-refractivity contribution in [3.63, 3.8) is 0 Å². The third kappa shape index (κ3) is 6.51. The zero-order chi connectivity index (χ0) is 22.4. The lowest BCUT2D eigenvalue weighted by molar-refractivity contribution is -0.274. The monoisotopic (exact) mass is 453 g/mol. The summed E-state index contributed by atoms with van der Waals surface area (Å²) in [6, 6.07) is 10.3. The number of hydrogen-bond donors (Lipinski definition) is 2. The Bertz CT molecular complexity index is 1040. The largest absolute Gasteiger partial charge is 0.573 e. The lowest BCUT2D eigenvalue weighted by atomic mass is 10.2. The fraction of sp³-hybridized carbons (Fsp3) is 0.200. The van der Waals surface area contributed by atoms with Gasteiger partial charge in [0, 0.05) is 22.8 Å². The van der Waals surface area contributed by atoms with E-state index in [2.05, 4.69) is 20.4 Å². The van der Waals surface area contributed by atoms with Crippen molar-refractivity contribution in [1.82, 2.24) is 4.98 Å². The summed E-state index contributed by atoms with van der Waals surface area (Å²) >= 11 is 1.27. The molecule has 0 saturated heterocycles. The van der Waals surface area contributed by atoms with E-state index in [0.717, 1.165) is 0 Å². The Balaban J connectivity index is 1.56. The number of nitrogens with one attached hydrogen (secondary N) is 2. The van der Waals surface area contributed by atoms with Crippen LogP contribution in [0.5, 0.6) is 17.2 Å². The van der Waals surface area contributed by atoms with E-state index in [1.54, 1.807) is 23.6 Å². The van der Waals surface area contributed by atoms with Crippen molar-refractivity contribution in [3.05, 3.63) is 53.5 Å². The highest BCUT2D eigenvalue weighted by molar-refractivity contribution is 7.13. The number of amides is 1. The van der Waals surface area contributed by atoms with Crippen molar-refractivity contribution in [1.29, 1.82) is 0 Å². The van der Waals surface area contributed by atoms with Crippen LogP contribution in [0.15, 0.2) is 47.8 Å². The van der Waals surface area contributed by atoms with E-state index in [1.165, 1.54) is 49.8 Å². The van der Waals surface area contributed by atoms with Crippen LogP contribution >= 0.6 is 11.3 Å². The zero-order valence-electron chi connectivity index (χ0n) is 16.4. The molecule has 0 bridgehead atoms. The fourth-order valence-corrected chi connectivity index (χ4v) is 3.32. The van der Waals surface area contributed by atoms with Gasteiger partial charge in [0.1, 0.15) is 5.75 Å². The van der Waals surface area contributed by atoms with Crippen molar-refractivity contribution >= 4 is 33.8 Å². The number of rotatable bonds is 8. The number of carbonyl (C=O) groups is 1. The molecule has 0 aliphatic heterocycles. The normalized spacial score (nSPS) is 11.0. The number of halogens is 3. The van der Waals surface area contributed by atoms with Gasteiger partial charge in [0.25, 0.3) is 0 Å². The van der Waals surface area contributed by atoms with Gasteiger partial charge in [0.05, 0.1) is 26.3 Å². The average molecular weight is 453 g/mol. The van der Waals surface area contributed by atoms with Crippen molar-refractivity contribution < 1.29 is 32.2 Å². The number of nitrogens with zero attached hydrogens (tertiary/aromatic N) is 1. The van der Waals surface area contributed by atoms with Gasteiger partial charge >= 0.3 is 6.36 Å². The van der Waals surface area contributed by atoms with E-state index >= 15 is 0 Å². The number of aromatic nitrogens is 1.